The molecule has 0 N–H and O–H groups in total. The molecule has 3 aromatic carbocycles. The summed E-state index contributed by atoms with van der Waals surface area (Å²) >= 11 is 3.78. The molecule has 1 aliphatic carbocycles. The Morgan fingerprint density at radius 2 is 1.55 bits per heavy atom. The van der Waals surface area contributed by atoms with Gasteiger partial charge in [-0.25, -0.2) is 0 Å². The number of para-hydroxylation sites is 1. The summed E-state index contributed by atoms with van der Waals surface area (Å²) in [6, 6.07) is 23.4. The largest absolute Gasteiger partial charge is 0.462 e. The van der Waals surface area contributed by atoms with E-state index < -0.39 is 0 Å². The minimum atomic E-state index is 0.340. The normalized spacial score (nSPS) is 15.9. The quantitative estimate of drug-likeness (QED) is 0.238. The predicted molar refractivity (Wildman–Crippen MR) is 143 cm³/mol. The minimum Gasteiger partial charge on any atom is -0.462 e. The summed E-state index contributed by atoms with van der Waals surface area (Å²) < 4.78 is 11.5. The standard InChI is InChI=1S/C30H22OS2/c1-19-8-14-25-27(16-19)32-30-26-15-10-21(18-28(26)33-29(25)30)9-11-22-12-13-24(17-20(22)2)31-23-6-4-3-5-7-23/h3-8,10,12-16,18,20H,17H2,1-2H3. The van der Waals surface area contributed by atoms with Gasteiger partial charge in [0.15, 0.2) is 0 Å². The van der Waals surface area contributed by atoms with Crippen molar-refractivity contribution in [2.75, 3.05) is 0 Å². The van der Waals surface area contributed by atoms with E-state index >= 15 is 0 Å². The highest BCUT2D eigenvalue weighted by Crippen LogP contribution is 2.44. The molecule has 1 atom stereocenters. The Labute approximate surface area is 201 Å². The molecule has 0 saturated carbocycles. The van der Waals surface area contributed by atoms with Crippen molar-refractivity contribution in [1.29, 1.82) is 0 Å². The minimum absolute atomic E-state index is 0.340. The molecule has 0 saturated heterocycles. The highest BCUT2D eigenvalue weighted by Gasteiger charge is 2.16. The average molecular weight is 463 g/mol. The number of allylic oxidation sites excluding steroid dienone is 4. The van der Waals surface area contributed by atoms with Gasteiger partial charge in [0, 0.05) is 37.7 Å². The van der Waals surface area contributed by atoms with Crippen LogP contribution < -0.4 is 4.74 Å². The molecule has 3 heteroatoms. The van der Waals surface area contributed by atoms with Gasteiger partial charge in [0.1, 0.15) is 11.5 Å². The number of hydrogen-bond acceptors (Lipinski definition) is 3. The van der Waals surface area contributed by atoms with E-state index in [9.17, 15) is 0 Å². The van der Waals surface area contributed by atoms with Gasteiger partial charge < -0.3 is 4.74 Å². The fraction of sp³-hybridized carbons (Fsp3) is 0.133. The molecule has 1 nitrogen and oxygen atoms in total. The van der Waals surface area contributed by atoms with Crippen molar-refractivity contribution in [2.24, 2.45) is 5.92 Å². The van der Waals surface area contributed by atoms with Crippen LogP contribution in [-0.4, -0.2) is 0 Å². The van der Waals surface area contributed by atoms with E-state index in [0.29, 0.717) is 5.92 Å². The van der Waals surface area contributed by atoms with Crippen molar-refractivity contribution < 1.29 is 4.74 Å². The molecule has 2 heterocycles. The monoisotopic (exact) mass is 462 g/mol. The van der Waals surface area contributed by atoms with E-state index in [1.165, 1.54) is 35.1 Å². The smallest absolute Gasteiger partial charge is 0.126 e. The van der Waals surface area contributed by atoms with Crippen LogP contribution in [0.3, 0.4) is 0 Å². The molecule has 0 radical (unpaired) electrons. The maximum Gasteiger partial charge on any atom is 0.126 e. The number of fused-ring (bicyclic) bond motifs is 5. The van der Waals surface area contributed by atoms with Crippen LogP contribution in [0, 0.1) is 24.7 Å². The van der Waals surface area contributed by atoms with Gasteiger partial charge in [-0.2, -0.15) is 0 Å². The van der Waals surface area contributed by atoms with Gasteiger partial charge in [-0.05, 0) is 60.9 Å². The zero-order chi connectivity index (χ0) is 22.4. The van der Waals surface area contributed by atoms with Gasteiger partial charge in [-0.3, -0.25) is 0 Å². The van der Waals surface area contributed by atoms with E-state index in [0.717, 1.165) is 29.1 Å². The van der Waals surface area contributed by atoms with Gasteiger partial charge in [0.25, 0.3) is 0 Å². The van der Waals surface area contributed by atoms with Crippen LogP contribution in [0.4, 0.5) is 0 Å². The van der Waals surface area contributed by atoms with Crippen LogP contribution in [0.2, 0.25) is 0 Å². The molecule has 2 aromatic heterocycles. The average Bonchev–Trinajstić information content (AvgIpc) is 3.34. The first-order chi connectivity index (χ1) is 16.1. The van der Waals surface area contributed by atoms with Gasteiger partial charge in [-0.15, -0.1) is 22.7 Å². The van der Waals surface area contributed by atoms with Crippen molar-refractivity contribution in [3.8, 4) is 17.6 Å². The van der Waals surface area contributed by atoms with E-state index in [2.05, 4.69) is 74.2 Å². The van der Waals surface area contributed by atoms with Crippen LogP contribution >= 0.6 is 22.7 Å². The Morgan fingerprint density at radius 3 is 2.30 bits per heavy atom. The molecular weight excluding hydrogens is 440 g/mol. The third-order valence-electron chi connectivity index (χ3n) is 6.07. The van der Waals surface area contributed by atoms with Crippen molar-refractivity contribution >= 4 is 52.2 Å². The molecule has 160 valence electrons. The summed E-state index contributed by atoms with van der Waals surface area (Å²) in [7, 11) is 0. The van der Waals surface area contributed by atoms with E-state index in [1.807, 2.05) is 53.0 Å². The Bertz CT molecular complexity index is 1630. The molecule has 5 aromatic rings. The zero-order valence-corrected chi connectivity index (χ0v) is 20.1. The second-order valence-corrected chi connectivity index (χ2v) is 10.7. The SMILES string of the molecule is Cc1ccc2c(c1)sc1c3ccc(C#CC4=CC=C(Oc5ccccc5)CC4C)cc3sc21. The van der Waals surface area contributed by atoms with Crippen LogP contribution in [0.25, 0.3) is 29.6 Å². The summed E-state index contributed by atoms with van der Waals surface area (Å²) in [4.78, 5) is 0. The number of hydrogen-bond donors (Lipinski definition) is 0. The summed E-state index contributed by atoms with van der Waals surface area (Å²) in [5.41, 5.74) is 3.54. The number of thiophene rings is 2. The van der Waals surface area contributed by atoms with Crippen LogP contribution in [-0.2, 0) is 0 Å². The van der Waals surface area contributed by atoms with Crippen molar-refractivity contribution in [2.45, 2.75) is 20.3 Å². The molecule has 1 unspecified atom stereocenters. The Hall–Kier alpha value is -3.32. The van der Waals surface area contributed by atoms with Crippen LogP contribution in [0.15, 0.2) is 90.2 Å². The molecule has 1 aliphatic rings. The maximum absolute atomic E-state index is 6.01. The maximum atomic E-state index is 6.01. The summed E-state index contributed by atoms with van der Waals surface area (Å²) in [6.07, 6.45) is 5.02. The van der Waals surface area contributed by atoms with E-state index in [4.69, 9.17) is 4.74 Å². The summed E-state index contributed by atoms with van der Waals surface area (Å²) in [5, 5.41) is 2.71. The van der Waals surface area contributed by atoms with Gasteiger partial charge in [-0.1, -0.05) is 55.2 Å². The topological polar surface area (TPSA) is 9.23 Å². The van der Waals surface area contributed by atoms with E-state index in [1.54, 1.807) is 0 Å². The van der Waals surface area contributed by atoms with Gasteiger partial charge in [0.2, 0.25) is 0 Å². The van der Waals surface area contributed by atoms with E-state index in [-0.39, 0.29) is 0 Å². The Kier molecular flexibility index (Phi) is 5.06. The lowest BCUT2D eigenvalue weighted by molar-refractivity contribution is 0.382. The van der Waals surface area contributed by atoms with Crippen molar-refractivity contribution in [3.63, 3.8) is 0 Å². The zero-order valence-electron chi connectivity index (χ0n) is 18.5. The van der Waals surface area contributed by atoms with Crippen molar-refractivity contribution in [3.05, 3.63) is 101 Å². The fourth-order valence-electron chi connectivity index (χ4n) is 4.29. The third-order valence-corrected chi connectivity index (χ3v) is 8.57. The lowest BCUT2D eigenvalue weighted by Gasteiger charge is -2.18. The molecule has 0 amide bonds. The number of aryl methyl sites for hydroxylation is 1. The number of benzene rings is 3. The van der Waals surface area contributed by atoms with Gasteiger partial charge >= 0.3 is 0 Å². The number of rotatable bonds is 2. The summed E-state index contributed by atoms with van der Waals surface area (Å²) in [6.45, 7) is 4.37. The predicted octanol–water partition coefficient (Wildman–Crippen LogP) is 8.86. The van der Waals surface area contributed by atoms with Crippen molar-refractivity contribution in [1.82, 2.24) is 0 Å². The first kappa shape index (κ1) is 20.3. The first-order valence-corrected chi connectivity index (χ1v) is 12.8. The second kappa shape index (κ2) is 8.23. The highest BCUT2D eigenvalue weighted by molar-refractivity contribution is 7.36. The molecular formula is C30H22OS2. The second-order valence-electron chi connectivity index (χ2n) is 8.60. The third kappa shape index (κ3) is 3.86. The summed E-state index contributed by atoms with van der Waals surface area (Å²) in [5.74, 6) is 9.03. The lowest BCUT2D eigenvalue weighted by atomic mass is 9.92. The Balaban J connectivity index is 1.29. The van der Waals surface area contributed by atoms with Gasteiger partial charge in [0.05, 0.1) is 9.40 Å². The fourth-order valence-corrected chi connectivity index (χ4v) is 7.08. The lowest BCUT2D eigenvalue weighted by Crippen LogP contribution is -2.08. The first-order valence-electron chi connectivity index (χ1n) is 11.2. The number of ether oxygens (including phenoxy) is 1. The van der Waals surface area contributed by atoms with Crippen LogP contribution in [0.1, 0.15) is 24.5 Å². The van der Waals surface area contributed by atoms with Crippen LogP contribution in [0.5, 0.6) is 5.75 Å². The molecule has 0 fully saturated rings. The molecule has 0 aliphatic heterocycles. The molecule has 6 rings (SSSR count). The molecule has 0 spiro atoms. The molecule has 0 bridgehead atoms. The Morgan fingerprint density at radius 1 is 0.818 bits per heavy atom. The highest BCUT2D eigenvalue weighted by atomic mass is 32.1. The molecule has 33 heavy (non-hydrogen) atoms.